The van der Waals surface area contributed by atoms with E-state index >= 15 is 0 Å². The molecular formula is C28H35N5O2. The molecule has 0 radical (unpaired) electrons. The first kappa shape index (κ1) is 22.7. The fraction of sp³-hybridized carbons (Fsp3) is 0.500. The minimum absolute atomic E-state index is 0.116. The second-order valence-corrected chi connectivity index (χ2v) is 11.2. The van der Waals surface area contributed by atoms with Gasteiger partial charge < -0.3 is 19.4 Å². The van der Waals surface area contributed by atoms with Crippen LogP contribution < -0.4 is 0 Å². The number of aryl methyl sites for hydroxylation is 1. The molecule has 4 heterocycles. The fourth-order valence-electron chi connectivity index (χ4n) is 5.65. The molecular weight excluding hydrogens is 438 g/mol. The number of benzene rings is 1. The Morgan fingerprint density at radius 2 is 1.86 bits per heavy atom. The van der Waals surface area contributed by atoms with Crippen LogP contribution in [0.25, 0.3) is 33.3 Å². The molecule has 0 amide bonds. The molecule has 184 valence electrons. The summed E-state index contributed by atoms with van der Waals surface area (Å²) < 4.78 is 12.5. The van der Waals surface area contributed by atoms with E-state index in [0.29, 0.717) is 6.04 Å². The summed E-state index contributed by atoms with van der Waals surface area (Å²) in [7, 11) is 2.25. The van der Waals surface area contributed by atoms with Crippen molar-refractivity contribution < 1.29 is 9.47 Å². The van der Waals surface area contributed by atoms with Crippen molar-refractivity contribution in [2.75, 3.05) is 20.3 Å². The molecule has 1 aromatic carbocycles. The number of pyridine rings is 1. The summed E-state index contributed by atoms with van der Waals surface area (Å²) in [4.78, 5) is 18.5. The van der Waals surface area contributed by atoms with Crippen LogP contribution in [0.15, 0.2) is 36.5 Å². The number of imidazole rings is 1. The van der Waals surface area contributed by atoms with E-state index in [-0.39, 0.29) is 11.2 Å². The maximum Gasteiger partial charge on any atom is 0.168 e. The zero-order chi connectivity index (χ0) is 24.2. The first-order chi connectivity index (χ1) is 16.8. The van der Waals surface area contributed by atoms with E-state index in [0.717, 1.165) is 79.2 Å². The minimum atomic E-state index is -0.358. The normalized spacial score (nSPS) is 20.4. The van der Waals surface area contributed by atoms with Crippen LogP contribution in [0, 0.1) is 12.3 Å². The van der Waals surface area contributed by atoms with Crippen molar-refractivity contribution in [1.82, 2.24) is 24.8 Å². The summed E-state index contributed by atoms with van der Waals surface area (Å²) in [6.45, 7) is 8.86. The minimum Gasteiger partial charge on any atom is -0.354 e. The molecule has 2 N–H and O–H groups in total. The molecule has 4 aromatic rings. The summed E-state index contributed by atoms with van der Waals surface area (Å²) >= 11 is 0. The van der Waals surface area contributed by atoms with E-state index in [2.05, 4.69) is 70.0 Å². The third-order valence-electron chi connectivity index (χ3n) is 7.76. The largest absolute Gasteiger partial charge is 0.354 e. The van der Waals surface area contributed by atoms with E-state index < -0.39 is 0 Å². The van der Waals surface area contributed by atoms with Gasteiger partial charge in [-0.25, -0.2) is 9.97 Å². The topological polar surface area (TPSA) is 79.1 Å². The third-order valence-corrected chi connectivity index (χ3v) is 7.76. The van der Waals surface area contributed by atoms with Crippen molar-refractivity contribution in [2.45, 2.75) is 64.8 Å². The fourth-order valence-corrected chi connectivity index (χ4v) is 5.65. The Labute approximate surface area is 206 Å². The monoisotopic (exact) mass is 473 g/mol. The van der Waals surface area contributed by atoms with Gasteiger partial charge in [0.2, 0.25) is 0 Å². The Balaban J connectivity index is 1.19. The van der Waals surface area contributed by atoms with Gasteiger partial charge in [0.15, 0.2) is 11.4 Å². The molecule has 1 saturated heterocycles. The Bertz CT molecular complexity index is 1350. The lowest BCUT2D eigenvalue weighted by molar-refractivity contribution is -0.312. The number of nitrogens with one attached hydrogen (secondary N) is 2. The van der Waals surface area contributed by atoms with Crippen molar-refractivity contribution in [3.8, 4) is 11.3 Å². The Hall–Kier alpha value is -2.74. The van der Waals surface area contributed by atoms with Crippen molar-refractivity contribution in [3.63, 3.8) is 0 Å². The molecule has 1 spiro atoms. The molecule has 0 bridgehead atoms. The van der Waals surface area contributed by atoms with Crippen LogP contribution in [-0.2, 0) is 16.0 Å². The second-order valence-electron chi connectivity index (χ2n) is 11.2. The molecule has 0 atom stereocenters. The summed E-state index contributed by atoms with van der Waals surface area (Å²) in [5.41, 5.74) is 6.47. The maximum atomic E-state index is 6.25. The van der Waals surface area contributed by atoms with Gasteiger partial charge in [-0.1, -0.05) is 26.0 Å². The molecule has 7 heteroatoms. The zero-order valence-electron chi connectivity index (χ0n) is 21.1. The van der Waals surface area contributed by atoms with E-state index in [1.165, 1.54) is 10.9 Å². The maximum absolute atomic E-state index is 6.25. The van der Waals surface area contributed by atoms with Gasteiger partial charge in [-0.2, -0.15) is 0 Å². The lowest BCUT2D eigenvalue weighted by Crippen LogP contribution is -2.51. The van der Waals surface area contributed by atoms with Crippen molar-refractivity contribution >= 4 is 22.1 Å². The molecule has 1 aliphatic heterocycles. The highest BCUT2D eigenvalue weighted by molar-refractivity contribution is 5.94. The Morgan fingerprint density at radius 1 is 1.09 bits per heavy atom. The van der Waals surface area contributed by atoms with Crippen LogP contribution in [0.4, 0.5) is 0 Å². The van der Waals surface area contributed by atoms with E-state index in [1.807, 2.05) is 19.2 Å². The molecule has 3 aromatic heterocycles. The Morgan fingerprint density at radius 3 is 2.63 bits per heavy atom. The second kappa shape index (κ2) is 8.43. The van der Waals surface area contributed by atoms with Crippen molar-refractivity contribution in [1.29, 1.82) is 0 Å². The lowest BCUT2D eigenvalue weighted by atomic mass is 9.86. The summed E-state index contributed by atoms with van der Waals surface area (Å²) in [6, 6.07) is 11.4. The number of hydrogen-bond acceptors (Lipinski definition) is 5. The molecule has 1 aliphatic carbocycles. The van der Waals surface area contributed by atoms with Gasteiger partial charge in [-0.15, -0.1) is 0 Å². The van der Waals surface area contributed by atoms with Gasteiger partial charge >= 0.3 is 0 Å². The van der Waals surface area contributed by atoms with Crippen LogP contribution in [0.5, 0.6) is 0 Å². The highest BCUT2D eigenvalue weighted by Gasteiger charge is 2.43. The molecule has 2 fully saturated rings. The first-order valence-corrected chi connectivity index (χ1v) is 12.7. The smallest absolute Gasteiger partial charge is 0.168 e. The van der Waals surface area contributed by atoms with Gasteiger partial charge in [0.1, 0.15) is 11.3 Å². The zero-order valence-corrected chi connectivity index (χ0v) is 21.1. The summed E-state index contributed by atoms with van der Waals surface area (Å²) in [5, 5.41) is 1.26. The average molecular weight is 474 g/mol. The summed E-state index contributed by atoms with van der Waals surface area (Å²) in [5.74, 6) is 0.517. The lowest BCUT2D eigenvalue weighted by Gasteiger charge is -2.47. The van der Waals surface area contributed by atoms with E-state index in [1.54, 1.807) is 0 Å². The van der Waals surface area contributed by atoms with Crippen LogP contribution in [0.1, 0.15) is 50.9 Å². The number of aromatic amines is 2. The van der Waals surface area contributed by atoms with Crippen LogP contribution in [-0.4, -0.2) is 56.9 Å². The third kappa shape index (κ3) is 4.26. The standard InChI is InChI=1S/C28H35N5O2/c1-18-30-25-21(10-13-29-26(25)31-18)24-14-22-19(6-5-7-23(22)32-24)15-33(4)20-8-11-28(12-9-20)34-16-27(2,3)17-35-28/h5-7,10,13-14,20,32H,8-9,11-12,15-17H2,1-4H3,(H,29,30,31). The van der Waals surface area contributed by atoms with Gasteiger partial charge in [-0.3, -0.25) is 4.90 Å². The number of ether oxygens (including phenoxy) is 2. The highest BCUT2D eigenvalue weighted by Crippen LogP contribution is 2.40. The first-order valence-electron chi connectivity index (χ1n) is 12.7. The molecule has 6 rings (SSSR count). The Kier molecular flexibility index (Phi) is 5.47. The molecule has 35 heavy (non-hydrogen) atoms. The van der Waals surface area contributed by atoms with E-state index in [9.17, 15) is 0 Å². The van der Waals surface area contributed by atoms with E-state index in [4.69, 9.17) is 9.47 Å². The molecule has 7 nitrogen and oxygen atoms in total. The molecule has 1 saturated carbocycles. The van der Waals surface area contributed by atoms with Gasteiger partial charge in [0.25, 0.3) is 0 Å². The van der Waals surface area contributed by atoms with Crippen LogP contribution in [0.2, 0.25) is 0 Å². The predicted octanol–water partition coefficient (Wildman–Crippen LogP) is 5.56. The number of rotatable bonds is 4. The number of H-pyrrole nitrogens is 2. The predicted molar refractivity (Wildman–Crippen MR) is 138 cm³/mol. The van der Waals surface area contributed by atoms with Crippen LogP contribution >= 0.6 is 0 Å². The SMILES string of the molecule is Cc1nc2c(-c3cc4c(CN(C)C5CCC6(CC5)OCC(C)(C)CO6)cccc4[nH]3)ccnc2[nH]1. The number of aromatic nitrogens is 4. The molecule has 2 aliphatic rings. The number of fused-ring (bicyclic) bond motifs is 2. The molecule has 0 unspecified atom stereocenters. The quantitative estimate of drug-likeness (QED) is 0.406. The van der Waals surface area contributed by atoms with Gasteiger partial charge in [-0.05, 0) is 50.6 Å². The van der Waals surface area contributed by atoms with Crippen LogP contribution in [0.3, 0.4) is 0 Å². The van der Waals surface area contributed by atoms with Gasteiger partial charge in [0, 0.05) is 59.2 Å². The highest BCUT2D eigenvalue weighted by atomic mass is 16.7. The number of hydrogen-bond donors (Lipinski definition) is 2. The average Bonchev–Trinajstić information content (AvgIpc) is 3.45. The number of nitrogens with zero attached hydrogens (tertiary/aromatic N) is 3. The van der Waals surface area contributed by atoms with Gasteiger partial charge in [0.05, 0.1) is 13.2 Å². The summed E-state index contributed by atoms with van der Waals surface area (Å²) in [6.07, 6.45) is 5.97. The van der Waals surface area contributed by atoms with Crippen molar-refractivity contribution in [2.24, 2.45) is 5.41 Å². The van der Waals surface area contributed by atoms with Crippen molar-refractivity contribution in [3.05, 3.63) is 47.9 Å².